The van der Waals surface area contributed by atoms with Crippen LogP contribution < -0.4 is 10.2 Å². The Hall–Kier alpha value is -2.07. The van der Waals surface area contributed by atoms with Gasteiger partial charge in [0.25, 0.3) is 0 Å². The van der Waals surface area contributed by atoms with Gasteiger partial charge in [-0.2, -0.15) is 0 Å². The molecule has 1 aliphatic heterocycles. The number of ether oxygens (including phenoxy) is 1. The lowest BCUT2D eigenvalue weighted by Crippen LogP contribution is -2.22. The van der Waals surface area contributed by atoms with E-state index in [0.717, 1.165) is 61.9 Å². The fourth-order valence-corrected chi connectivity index (χ4v) is 6.92. The predicted octanol–water partition coefficient (Wildman–Crippen LogP) is 4.31. The van der Waals surface area contributed by atoms with Gasteiger partial charge < -0.3 is 15.0 Å². The Labute approximate surface area is 202 Å². The second kappa shape index (κ2) is 9.66. The van der Waals surface area contributed by atoms with Crippen LogP contribution in [0.4, 0.5) is 10.9 Å². The molecule has 1 unspecified atom stereocenters. The number of rotatable bonds is 8. The van der Waals surface area contributed by atoms with Crippen LogP contribution in [0.2, 0.25) is 0 Å². The number of esters is 1. The minimum Gasteiger partial charge on any atom is -0.462 e. The van der Waals surface area contributed by atoms with Gasteiger partial charge in [-0.25, -0.2) is 4.79 Å². The normalized spacial score (nSPS) is 20.1. The Morgan fingerprint density at radius 1 is 1.21 bits per heavy atom. The molecule has 2 fully saturated rings. The highest BCUT2D eigenvalue weighted by atomic mass is 32.2. The number of fused-ring (bicyclic) bond motifs is 1. The molecule has 5 rings (SSSR count). The van der Waals surface area contributed by atoms with Crippen molar-refractivity contribution in [2.75, 3.05) is 35.7 Å². The molecule has 1 N–H and O–H groups in total. The van der Waals surface area contributed by atoms with Crippen LogP contribution in [0.5, 0.6) is 0 Å². The largest absolute Gasteiger partial charge is 0.462 e. The quantitative estimate of drug-likeness (QED) is 0.437. The number of carbonyl (C=O) groups excluding carboxylic acids is 2. The first kappa shape index (κ1) is 22.7. The third-order valence-corrected chi connectivity index (χ3v) is 8.64. The van der Waals surface area contributed by atoms with E-state index in [2.05, 4.69) is 31.9 Å². The van der Waals surface area contributed by atoms with Crippen molar-refractivity contribution < 1.29 is 14.3 Å². The number of hydrogen-bond donors (Lipinski definition) is 1. The molecule has 3 heterocycles. The molecule has 0 aromatic carbocycles. The number of thioether (sulfide) groups is 1. The van der Waals surface area contributed by atoms with E-state index < -0.39 is 0 Å². The van der Waals surface area contributed by atoms with Gasteiger partial charge in [0.2, 0.25) is 11.9 Å². The Kier molecular flexibility index (Phi) is 6.65. The van der Waals surface area contributed by atoms with Crippen molar-refractivity contribution in [3.05, 3.63) is 16.0 Å². The lowest BCUT2D eigenvalue weighted by atomic mass is 9.88. The van der Waals surface area contributed by atoms with Crippen LogP contribution in [-0.2, 0) is 22.4 Å². The first-order valence-corrected chi connectivity index (χ1v) is 13.8. The van der Waals surface area contributed by atoms with Crippen LogP contribution in [0, 0.1) is 5.92 Å². The summed E-state index contributed by atoms with van der Waals surface area (Å²) in [5.41, 5.74) is 1.61. The van der Waals surface area contributed by atoms with E-state index in [0.29, 0.717) is 29.1 Å². The molecule has 10 heteroatoms. The second-order valence-electron chi connectivity index (χ2n) is 9.19. The van der Waals surface area contributed by atoms with Crippen molar-refractivity contribution in [1.29, 1.82) is 0 Å². The maximum Gasteiger partial charge on any atom is 0.341 e. The molecule has 1 saturated heterocycles. The zero-order chi connectivity index (χ0) is 22.9. The molecule has 2 aromatic rings. The number of nitrogens with zero attached hydrogens (tertiary/aromatic N) is 4. The van der Waals surface area contributed by atoms with Crippen LogP contribution in [0.1, 0.15) is 72.8 Å². The molecule has 1 atom stereocenters. The summed E-state index contributed by atoms with van der Waals surface area (Å²) >= 11 is 2.95. The molecule has 0 spiro atoms. The molecule has 33 heavy (non-hydrogen) atoms. The van der Waals surface area contributed by atoms with E-state index in [9.17, 15) is 9.59 Å². The van der Waals surface area contributed by atoms with Crippen molar-refractivity contribution in [1.82, 2.24) is 14.8 Å². The average molecular weight is 490 g/mol. The van der Waals surface area contributed by atoms with Gasteiger partial charge in [0.15, 0.2) is 5.16 Å². The minimum atomic E-state index is -0.337. The molecule has 8 nitrogen and oxygen atoms in total. The first-order valence-electron chi connectivity index (χ1n) is 12.0. The lowest BCUT2D eigenvalue weighted by molar-refractivity contribution is -0.113. The van der Waals surface area contributed by atoms with Gasteiger partial charge >= 0.3 is 5.97 Å². The van der Waals surface area contributed by atoms with E-state index >= 15 is 0 Å². The fraction of sp³-hybridized carbons (Fsp3) is 0.652. The molecular formula is C23H31N5O3S2. The van der Waals surface area contributed by atoms with E-state index in [4.69, 9.17) is 4.74 Å². The summed E-state index contributed by atoms with van der Waals surface area (Å²) in [4.78, 5) is 29.1. The third-order valence-electron chi connectivity index (χ3n) is 6.52. The van der Waals surface area contributed by atoms with Crippen molar-refractivity contribution in [3.8, 4) is 0 Å². The summed E-state index contributed by atoms with van der Waals surface area (Å²) in [6.45, 7) is 6.40. The smallest absolute Gasteiger partial charge is 0.341 e. The molecule has 1 amide bonds. The highest BCUT2D eigenvalue weighted by Gasteiger charge is 2.33. The van der Waals surface area contributed by atoms with Gasteiger partial charge in [-0.15, -0.1) is 21.5 Å². The number of hydrogen-bond acceptors (Lipinski definition) is 8. The van der Waals surface area contributed by atoms with E-state index in [-0.39, 0.29) is 17.6 Å². The van der Waals surface area contributed by atoms with Gasteiger partial charge in [-0.05, 0) is 63.4 Å². The van der Waals surface area contributed by atoms with Gasteiger partial charge in [0.1, 0.15) is 5.00 Å². The van der Waals surface area contributed by atoms with Crippen molar-refractivity contribution in [2.24, 2.45) is 5.92 Å². The Balaban J connectivity index is 1.30. The van der Waals surface area contributed by atoms with Gasteiger partial charge in [0.05, 0.1) is 17.9 Å². The molecule has 0 radical (unpaired) electrons. The molecule has 0 bridgehead atoms. The minimum absolute atomic E-state index is 0.134. The van der Waals surface area contributed by atoms with E-state index in [1.807, 2.05) is 0 Å². The zero-order valence-electron chi connectivity index (χ0n) is 19.3. The summed E-state index contributed by atoms with van der Waals surface area (Å²) in [5.74, 6) is 1.29. The van der Waals surface area contributed by atoms with E-state index in [1.54, 1.807) is 6.92 Å². The van der Waals surface area contributed by atoms with E-state index in [1.165, 1.54) is 40.8 Å². The monoisotopic (exact) mass is 489 g/mol. The highest BCUT2D eigenvalue weighted by Crippen LogP contribution is 2.42. The van der Waals surface area contributed by atoms with Gasteiger partial charge in [-0.1, -0.05) is 18.7 Å². The molecule has 1 saturated carbocycles. The first-order chi connectivity index (χ1) is 16.0. The molecule has 178 valence electrons. The van der Waals surface area contributed by atoms with Crippen molar-refractivity contribution in [2.45, 2.75) is 70.0 Å². The van der Waals surface area contributed by atoms with Crippen LogP contribution in [0.25, 0.3) is 0 Å². The summed E-state index contributed by atoms with van der Waals surface area (Å²) in [6, 6.07) is 0.447. The maximum absolute atomic E-state index is 12.9. The number of thiophene rings is 1. The second-order valence-corrected chi connectivity index (χ2v) is 11.2. The van der Waals surface area contributed by atoms with Gasteiger partial charge in [-0.3, -0.25) is 9.36 Å². The average Bonchev–Trinajstić information content (AvgIpc) is 3.19. The number of aromatic nitrogens is 3. The Morgan fingerprint density at radius 2 is 2.00 bits per heavy atom. The number of amides is 1. The summed E-state index contributed by atoms with van der Waals surface area (Å²) in [5, 5.41) is 13.3. The maximum atomic E-state index is 12.9. The van der Waals surface area contributed by atoms with Crippen molar-refractivity contribution >= 4 is 45.9 Å². The predicted molar refractivity (Wildman–Crippen MR) is 131 cm³/mol. The topological polar surface area (TPSA) is 89.3 Å². The summed E-state index contributed by atoms with van der Waals surface area (Å²) < 4.78 is 7.54. The fourth-order valence-electron chi connectivity index (χ4n) is 4.70. The Morgan fingerprint density at radius 3 is 2.73 bits per heavy atom. The third kappa shape index (κ3) is 4.77. The van der Waals surface area contributed by atoms with Crippen LogP contribution in [0.15, 0.2) is 5.16 Å². The number of nitrogens with one attached hydrogen (secondary N) is 1. The van der Waals surface area contributed by atoms with Crippen molar-refractivity contribution in [3.63, 3.8) is 0 Å². The molecule has 2 aliphatic carbocycles. The highest BCUT2D eigenvalue weighted by molar-refractivity contribution is 7.99. The Bertz CT molecular complexity index is 1040. The van der Waals surface area contributed by atoms with Crippen LogP contribution in [-0.4, -0.2) is 52.1 Å². The zero-order valence-corrected chi connectivity index (χ0v) is 20.9. The van der Waals surface area contributed by atoms with Crippen LogP contribution >= 0.6 is 23.1 Å². The standard InChI is InChI=1S/C23H31N5O3S2/c1-3-31-21(30)19-16-9-6-14(2)12-17(16)33-20(19)24-18(29)13-32-23-26-25-22(27-10-4-5-11-27)28(23)15-7-8-15/h14-15H,3-13H2,1-2H3,(H,24,29). The molecular weight excluding hydrogens is 458 g/mol. The summed E-state index contributed by atoms with van der Waals surface area (Å²) in [7, 11) is 0. The summed E-state index contributed by atoms with van der Waals surface area (Å²) in [6.07, 6.45) is 7.51. The lowest BCUT2D eigenvalue weighted by Gasteiger charge is -2.18. The van der Waals surface area contributed by atoms with Crippen LogP contribution in [0.3, 0.4) is 0 Å². The molecule has 3 aliphatic rings. The number of anilines is 2. The number of carbonyl (C=O) groups is 2. The SMILES string of the molecule is CCOC(=O)c1c(NC(=O)CSc2nnc(N3CCCC3)n2C2CC2)sc2c1CCC(C)C2. The van der Waals surface area contributed by atoms with Gasteiger partial charge in [0, 0.05) is 24.0 Å². The molecule has 2 aromatic heterocycles.